The summed E-state index contributed by atoms with van der Waals surface area (Å²) >= 11 is 0. The maximum Gasteiger partial charge on any atom is 0.305 e. The fraction of sp³-hybridized carbons (Fsp3) is 0.167. The van der Waals surface area contributed by atoms with Crippen molar-refractivity contribution in [1.29, 1.82) is 0 Å². The Hall–Kier alpha value is -4.00. The van der Waals surface area contributed by atoms with Crippen molar-refractivity contribution >= 4 is 22.8 Å². The first-order valence-corrected chi connectivity index (χ1v) is 9.83. The molecule has 7 heteroatoms. The molecule has 0 radical (unpaired) electrons. The number of carbonyl (C=O) groups is 2. The predicted molar refractivity (Wildman–Crippen MR) is 114 cm³/mol. The summed E-state index contributed by atoms with van der Waals surface area (Å²) in [5, 5.41) is 0.888. The molecule has 0 saturated carbocycles. The molecule has 0 atom stereocenters. The third kappa shape index (κ3) is 4.61. The maximum atomic E-state index is 12.3. The second kappa shape index (κ2) is 8.79. The van der Waals surface area contributed by atoms with Crippen LogP contribution in [0.3, 0.4) is 0 Å². The number of hydrogen-bond donors (Lipinski definition) is 2. The average molecular weight is 418 g/mol. The van der Waals surface area contributed by atoms with Gasteiger partial charge in [0.2, 0.25) is 5.91 Å². The van der Waals surface area contributed by atoms with Crippen LogP contribution in [0, 0.1) is 13.8 Å². The first-order valence-electron chi connectivity index (χ1n) is 9.83. The number of benzene rings is 2. The molecule has 2 aromatic carbocycles. The molecule has 0 spiro atoms. The summed E-state index contributed by atoms with van der Waals surface area (Å²) in [5.41, 5.74) is 8.46. The minimum Gasteiger partial charge on any atom is -0.486 e. The molecule has 4 aromatic rings. The van der Waals surface area contributed by atoms with E-state index in [0.717, 1.165) is 27.7 Å². The van der Waals surface area contributed by atoms with Crippen LogP contribution in [0.1, 0.15) is 33.0 Å². The smallest absolute Gasteiger partial charge is 0.305 e. The number of furan rings is 2. The third-order valence-electron chi connectivity index (χ3n) is 5.02. The first kappa shape index (κ1) is 20.3. The van der Waals surface area contributed by atoms with E-state index in [0.29, 0.717) is 11.5 Å². The van der Waals surface area contributed by atoms with Crippen LogP contribution in [-0.4, -0.2) is 11.8 Å². The normalized spacial score (nSPS) is 10.8. The Bertz CT molecular complexity index is 1220. The van der Waals surface area contributed by atoms with Crippen LogP contribution in [0.4, 0.5) is 0 Å². The standard InChI is InChI=1S/C24H22N2O5/c1-15-8-10-20-17(13-30-23(20)16(15)2)12-22(27)25-26-24(28)21-11-9-19(31-21)14-29-18-6-4-3-5-7-18/h3-11,13H,12,14H2,1-2H3,(H,25,27)(H,26,28). The molecule has 2 heterocycles. The van der Waals surface area contributed by atoms with Crippen LogP contribution in [0.25, 0.3) is 11.0 Å². The van der Waals surface area contributed by atoms with Gasteiger partial charge in [0.25, 0.3) is 0 Å². The highest BCUT2D eigenvalue weighted by atomic mass is 16.5. The van der Waals surface area contributed by atoms with E-state index in [1.165, 1.54) is 6.07 Å². The van der Waals surface area contributed by atoms with E-state index in [9.17, 15) is 9.59 Å². The van der Waals surface area contributed by atoms with E-state index < -0.39 is 5.91 Å². The second-order valence-electron chi connectivity index (χ2n) is 7.19. The number of amides is 2. The van der Waals surface area contributed by atoms with E-state index in [-0.39, 0.29) is 24.7 Å². The monoisotopic (exact) mass is 418 g/mol. The fourth-order valence-corrected chi connectivity index (χ4v) is 3.18. The van der Waals surface area contributed by atoms with Gasteiger partial charge in [-0.25, -0.2) is 0 Å². The molecule has 2 N–H and O–H groups in total. The zero-order chi connectivity index (χ0) is 21.8. The van der Waals surface area contributed by atoms with Crippen molar-refractivity contribution in [1.82, 2.24) is 10.9 Å². The lowest BCUT2D eigenvalue weighted by molar-refractivity contribution is -0.121. The molecule has 158 valence electrons. The van der Waals surface area contributed by atoms with Crippen molar-refractivity contribution in [3.05, 3.63) is 89.1 Å². The van der Waals surface area contributed by atoms with Crippen LogP contribution in [0.15, 0.2) is 69.7 Å². The largest absolute Gasteiger partial charge is 0.486 e. The Morgan fingerprint density at radius 3 is 2.58 bits per heavy atom. The maximum absolute atomic E-state index is 12.3. The molecule has 0 unspecified atom stereocenters. The number of aryl methyl sites for hydroxylation is 2. The number of nitrogens with one attached hydrogen (secondary N) is 2. The van der Waals surface area contributed by atoms with E-state index in [2.05, 4.69) is 10.9 Å². The van der Waals surface area contributed by atoms with Crippen LogP contribution >= 0.6 is 0 Å². The summed E-state index contributed by atoms with van der Waals surface area (Å²) in [6.07, 6.45) is 1.65. The summed E-state index contributed by atoms with van der Waals surface area (Å²) in [5.74, 6) is 0.355. The van der Waals surface area contributed by atoms with Gasteiger partial charge in [-0.1, -0.05) is 30.3 Å². The number of hydrogen-bond acceptors (Lipinski definition) is 5. The molecule has 4 rings (SSSR count). The zero-order valence-corrected chi connectivity index (χ0v) is 17.2. The van der Waals surface area contributed by atoms with E-state index in [4.69, 9.17) is 13.6 Å². The average Bonchev–Trinajstić information content (AvgIpc) is 3.42. The third-order valence-corrected chi connectivity index (χ3v) is 5.02. The van der Waals surface area contributed by atoms with Gasteiger partial charge in [0, 0.05) is 10.9 Å². The Labute approximate surface area is 179 Å². The lowest BCUT2D eigenvalue weighted by Crippen LogP contribution is -2.42. The van der Waals surface area contributed by atoms with Crippen molar-refractivity contribution in [3.8, 4) is 5.75 Å². The summed E-state index contributed by atoms with van der Waals surface area (Å²) in [6, 6.07) is 16.4. The first-order chi connectivity index (χ1) is 15.0. The molecular formula is C24H22N2O5. The van der Waals surface area contributed by atoms with E-state index >= 15 is 0 Å². The van der Waals surface area contributed by atoms with Crippen LogP contribution in [-0.2, 0) is 17.8 Å². The predicted octanol–water partition coefficient (Wildman–Crippen LogP) is 4.23. The second-order valence-corrected chi connectivity index (χ2v) is 7.19. The number of carbonyl (C=O) groups excluding carboxylic acids is 2. The quantitative estimate of drug-likeness (QED) is 0.457. The van der Waals surface area contributed by atoms with Crippen LogP contribution in [0.2, 0.25) is 0 Å². The van der Waals surface area contributed by atoms with Gasteiger partial charge in [-0.2, -0.15) is 0 Å². The van der Waals surface area contributed by atoms with Gasteiger partial charge in [-0.3, -0.25) is 20.4 Å². The summed E-state index contributed by atoms with van der Waals surface area (Å²) < 4.78 is 16.7. The molecule has 0 fully saturated rings. The lowest BCUT2D eigenvalue weighted by Gasteiger charge is -2.06. The highest BCUT2D eigenvalue weighted by Gasteiger charge is 2.15. The van der Waals surface area contributed by atoms with Gasteiger partial charge in [-0.15, -0.1) is 0 Å². The molecule has 0 aliphatic rings. The Morgan fingerprint density at radius 2 is 1.77 bits per heavy atom. The van der Waals surface area contributed by atoms with Gasteiger partial charge in [0.15, 0.2) is 5.76 Å². The van der Waals surface area contributed by atoms with Crippen molar-refractivity contribution in [2.75, 3.05) is 0 Å². The van der Waals surface area contributed by atoms with Crippen LogP contribution in [0.5, 0.6) is 5.75 Å². The SMILES string of the molecule is Cc1ccc2c(CC(=O)NNC(=O)c3ccc(COc4ccccc4)o3)coc2c1C. The highest BCUT2D eigenvalue weighted by molar-refractivity contribution is 5.94. The fourth-order valence-electron chi connectivity index (χ4n) is 3.18. The molecule has 2 aromatic heterocycles. The molecular weight excluding hydrogens is 396 g/mol. The Balaban J connectivity index is 1.30. The van der Waals surface area contributed by atoms with Crippen molar-refractivity contribution in [3.63, 3.8) is 0 Å². The number of ether oxygens (including phenoxy) is 1. The van der Waals surface area contributed by atoms with Gasteiger partial charge in [-0.05, 0) is 49.2 Å². The number of fused-ring (bicyclic) bond motifs is 1. The van der Waals surface area contributed by atoms with Gasteiger partial charge >= 0.3 is 5.91 Å². The topological polar surface area (TPSA) is 93.7 Å². The number of para-hydroxylation sites is 1. The summed E-state index contributed by atoms with van der Waals surface area (Å²) in [7, 11) is 0. The zero-order valence-electron chi connectivity index (χ0n) is 17.2. The van der Waals surface area contributed by atoms with Gasteiger partial charge in [0.1, 0.15) is 23.7 Å². The van der Waals surface area contributed by atoms with E-state index in [1.54, 1.807) is 12.3 Å². The molecule has 0 saturated heterocycles. The molecule has 31 heavy (non-hydrogen) atoms. The molecule has 0 bridgehead atoms. The van der Waals surface area contributed by atoms with Crippen molar-refractivity contribution in [2.24, 2.45) is 0 Å². The molecule has 7 nitrogen and oxygen atoms in total. The summed E-state index contributed by atoms with van der Waals surface area (Å²) in [6.45, 7) is 4.18. The number of rotatable bonds is 6. The Kier molecular flexibility index (Phi) is 5.75. The lowest BCUT2D eigenvalue weighted by atomic mass is 10.0. The van der Waals surface area contributed by atoms with Crippen molar-refractivity contribution < 1.29 is 23.2 Å². The molecule has 0 aliphatic heterocycles. The van der Waals surface area contributed by atoms with Crippen LogP contribution < -0.4 is 15.6 Å². The van der Waals surface area contributed by atoms with E-state index in [1.807, 2.05) is 56.3 Å². The minimum atomic E-state index is -0.553. The molecule has 0 aliphatic carbocycles. The minimum absolute atomic E-state index is 0.0735. The Morgan fingerprint density at radius 1 is 0.968 bits per heavy atom. The molecule has 2 amide bonds. The number of hydrazine groups is 1. The van der Waals surface area contributed by atoms with Crippen molar-refractivity contribution in [2.45, 2.75) is 26.9 Å². The van der Waals surface area contributed by atoms with Gasteiger partial charge in [0.05, 0.1) is 12.7 Å². The van der Waals surface area contributed by atoms with Gasteiger partial charge < -0.3 is 13.6 Å². The summed E-state index contributed by atoms with van der Waals surface area (Å²) in [4.78, 5) is 24.5. The highest BCUT2D eigenvalue weighted by Crippen LogP contribution is 2.26.